The Hall–Kier alpha value is -1.34. The van der Waals surface area contributed by atoms with Crippen molar-refractivity contribution in [3.05, 3.63) is 44.9 Å². The van der Waals surface area contributed by atoms with E-state index >= 15 is 0 Å². The van der Waals surface area contributed by atoms with E-state index < -0.39 is 11.7 Å². The van der Waals surface area contributed by atoms with E-state index in [-0.39, 0.29) is 11.0 Å². The third kappa shape index (κ3) is 36.3. The normalized spacial score (nSPS) is 7.36. The number of hydrogen-bond acceptors (Lipinski definition) is 1. The molecule has 0 aliphatic heterocycles. The molecule has 0 radical (unpaired) electrons. The Bertz CT molecular complexity index is 334. The molecule has 0 unspecified atom stereocenters. The molecule has 0 aromatic carbocycles. The van der Waals surface area contributed by atoms with E-state index in [0.29, 0.717) is 6.42 Å². The van der Waals surface area contributed by atoms with Crippen LogP contribution in [0.4, 0.5) is 8.78 Å². The number of ether oxygens (including phenoxy) is 1. The number of methoxy groups -OCH3 is 1. The zero-order chi connectivity index (χ0) is 19.6. The van der Waals surface area contributed by atoms with Gasteiger partial charge in [0.1, 0.15) is 0 Å². The molecule has 9 heteroatoms. The van der Waals surface area contributed by atoms with Crippen molar-refractivity contribution in [2.75, 3.05) is 7.11 Å². The van der Waals surface area contributed by atoms with Crippen LogP contribution >= 0.6 is 0 Å². The zero-order valence-electron chi connectivity index (χ0n) is 11.7. The molecule has 0 aliphatic rings. The number of unbranched alkanes of at least 4 members (excludes halogenated alkanes) is 1. The second-order valence-electron chi connectivity index (χ2n) is 2.31. The minimum atomic E-state index is -0.911. The maximum absolute atomic E-state index is 12.8. The molecule has 0 saturated heterocycles. The molecule has 0 saturated carbocycles. The van der Waals surface area contributed by atoms with Gasteiger partial charge in [0.05, 0.1) is 0 Å². The van der Waals surface area contributed by atoms with Crippen LogP contribution in [0.5, 0.6) is 0 Å². The minimum absolute atomic E-state index is 0.122. The molecule has 0 N–H and O–H groups in total. The number of halogens is 2. The standard InChI is InChI=1S/C8H12F2O.5CO.Cr/c1-3-4-5-7(9)8(10)6-11-2;5*1-2;/h3-5H2,1-2H3;;;;;;/b8-7+;;;;;;. The fourth-order valence-electron chi connectivity index (χ4n) is 0.642. The molecule has 0 rings (SSSR count). The Morgan fingerprint density at radius 3 is 1.45 bits per heavy atom. The van der Waals surface area contributed by atoms with Crippen LogP contribution in [0, 0.1) is 33.3 Å². The van der Waals surface area contributed by atoms with E-state index in [4.69, 9.17) is 23.3 Å². The van der Waals surface area contributed by atoms with Gasteiger partial charge in [0.25, 0.3) is 0 Å². The van der Waals surface area contributed by atoms with E-state index in [1.54, 1.807) is 0 Å². The van der Waals surface area contributed by atoms with E-state index in [9.17, 15) is 8.78 Å². The monoisotopic (exact) mass is 354 g/mol. The third-order valence-electron chi connectivity index (χ3n) is 1.35. The molecule has 0 bridgehead atoms. The molecule has 0 aromatic heterocycles. The Morgan fingerprint density at radius 2 is 1.23 bits per heavy atom. The summed E-state index contributed by atoms with van der Waals surface area (Å²) in [6, 6.07) is 0. The molecule has 0 aliphatic carbocycles. The molecule has 0 amide bonds. The van der Waals surface area contributed by atoms with Gasteiger partial charge in [0.2, 0.25) is 0 Å². The van der Waals surface area contributed by atoms with Crippen molar-refractivity contribution in [2.45, 2.75) is 26.2 Å². The number of rotatable bonds is 5. The summed E-state index contributed by atoms with van der Waals surface area (Å²) >= 11 is 2.31. The summed E-state index contributed by atoms with van der Waals surface area (Å²) < 4.78 is 67.5. The van der Waals surface area contributed by atoms with Gasteiger partial charge in [0.15, 0.2) is 0 Å². The van der Waals surface area contributed by atoms with Gasteiger partial charge in [-0.1, -0.05) is 0 Å². The van der Waals surface area contributed by atoms with Crippen LogP contribution in [-0.2, 0) is 43.8 Å². The molecule has 120 valence electrons. The van der Waals surface area contributed by atoms with Gasteiger partial charge in [0, 0.05) is 0 Å². The van der Waals surface area contributed by atoms with Gasteiger partial charge >= 0.3 is 135 Å². The van der Waals surface area contributed by atoms with Crippen molar-refractivity contribution >= 4 is 4.57 Å². The van der Waals surface area contributed by atoms with E-state index in [1.807, 2.05) is 6.92 Å². The van der Waals surface area contributed by atoms with Crippen LogP contribution in [0.3, 0.4) is 0 Å². The van der Waals surface area contributed by atoms with Gasteiger partial charge in [-0.2, -0.15) is 0 Å². The average Bonchev–Trinajstić information content (AvgIpc) is 2.66. The quantitative estimate of drug-likeness (QED) is 0.548. The summed E-state index contributed by atoms with van der Waals surface area (Å²) in [5.74, 6) is -1.65. The summed E-state index contributed by atoms with van der Waals surface area (Å²) in [6.45, 7) is 24.4. The first-order valence-corrected chi connectivity index (χ1v) is 5.41. The Balaban J connectivity index is -0.0000000540. The summed E-state index contributed by atoms with van der Waals surface area (Å²) in [5, 5.41) is 0. The van der Waals surface area contributed by atoms with E-state index in [1.165, 1.54) is 7.11 Å². The van der Waals surface area contributed by atoms with Gasteiger partial charge in [-0.05, 0) is 0 Å². The summed E-state index contributed by atoms with van der Waals surface area (Å²) in [5.41, 5.74) is 0. The Morgan fingerprint density at radius 1 is 0.909 bits per heavy atom. The fourth-order valence-corrected chi connectivity index (χ4v) is 0.815. The molecule has 22 heavy (non-hydrogen) atoms. The van der Waals surface area contributed by atoms with Crippen LogP contribution < -0.4 is 0 Å². The molecular weight excluding hydrogens is 342 g/mol. The first-order valence-electron chi connectivity index (χ1n) is 4.78. The van der Waals surface area contributed by atoms with Crippen LogP contribution in [0.2, 0.25) is 0 Å². The third-order valence-corrected chi connectivity index (χ3v) is 1.89. The van der Waals surface area contributed by atoms with Crippen LogP contribution in [0.25, 0.3) is 0 Å². The van der Waals surface area contributed by atoms with E-state index in [0.717, 1.165) is 6.42 Å². The molecule has 6 nitrogen and oxygen atoms in total. The van der Waals surface area contributed by atoms with Crippen molar-refractivity contribution in [1.82, 2.24) is 0 Å². The number of hydrogen-bond donors (Lipinski definition) is 0. The van der Waals surface area contributed by atoms with Gasteiger partial charge < -0.3 is 0 Å². The Labute approximate surface area is 136 Å². The van der Waals surface area contributed by atoms with Crippen molar-refractivity contribution in [3.8, 4) is 0 Å². The predicted molar refractivity (Wildman–Crippen MR) is 60.4 cm³/mol. The van der Waals surface area contributed by atoms with E-state index in [2.05, 4.69) is 53.8 Å². The van der Waals surface area contributed by atoms with Gasteiger partial charge in [-0.25, -0.2) is 0 Å². The summed E-state index contributed by atoms with van der Waals surface area (Å²) in [7, 11) is 1.29. The Kier molecular flexibility index (Phi) is 85.0. The zero-order valence-corrected chi connectivity index (χ0v) is 13.0. The fraction of sp³-hybridized carbons (Fsp3) is 0.385. The molecule has 0 atom stereocenters. The number of allylic oxidation sites excluding steroid dienone is 1. The molecular formula is C13H12CrF2O6. The SMILES string of the molecule is CCCC/C(F)=C(\F)[C](=[Cr])OC.[C-]#[O+].[C-]#[O+].[C-]#[O+].[C-]#[O+].[C-]#[O+]. The van der Waals surface area contributed by atoms with Crippen molar-refractivity contribution in [1.29, 1.82) is 0 Å². The van der Waals surface area contributed by atoms with Gasteiger partial charge in [-0.15, -0.1) is 0 Å². The summed E-state index contributed by atoms with van der Waals surface area (Å²) in [6.07, 6.45) is 1.63. The molecule has 0 fully saturated rings. The second-order valence-corrected chi connectivity index (χ2v) is 2.89. The average molecular weight is 354 g/mol. The first kappa shape index (κ1) is 37.2. The van der Waals surface area contributed by atoms with Crippen molar-refractivity contribution in [2.24, 2.45) is 0 Å². The maximum atomic E-state index is 12.8. The van der Waals surface area contributed by atoms with Gasteiger partial charge in [-0.3, -0.25) is 0 Å². The molecule has 0 aromatic rings. The van der Waals surface area contributed by atoms with Crippen LogP contribution in [0.1, 0.15) is 26.2 Å². The second kappa shape index (κ2) is 50.3. The summed E-state index contributed by atoms with van der Waals surface area (Å²) in [4.78, 5) is 0. The first-order chi connectivity index (χ1) is 10.6. The van der Waals surface area contributed by atoms with Crippen LogP contribution in [0.15, 0.2) is 11.7 Å². The molecule has 0 heterocycles. The van der Waals surface area contributed by atoms with Crippen LogP contribution in [-0.4, -0.2) is 11.7 Å². The van der Waals surface area contributed by atoms with Crippen molar-refractivity contribution < 1.29 is 52.6 Å². The molecule has 0 spiro atoms. The van der Waals surface area contributed by atoms with Crippen molar-refractivity contribution in [3.63, 3.8) is 0 Å². The predicted octanol–water partition coefficient (Wildman–Crippen LogP) is 2.46. The topological polar surface area (TPSA) is 109 Å².